The Hall–Kier alpha value is -0.770. The van der Waals surface area contributed by atoms with Crippen LogP contribution in [0.2, 0.25) is 0 Å². The highest BCUT2D eigenvalue weighted by Crippen LogP contribution is 2.03. The van der Waals surface area contributed by atoms with Gasteiger partial charge in [0.1, 0.15) is 0 Å². The third kappa shape index (κ3) is 4.12. The van der Waals surface area contributed by atoms with Gasteiger partial charge in [0.15, 0.2) is 0 Å². The molecule has 4 nitrogen and oxygen atoms in total. The minimum absolute atomic E-state index is 0.0449. The summed E-state index contributed by atoms with van der Waals surface area (Å²) in [6, 6.07) is 0.430. The number of amides is 1. The molecule has 13 heavy (non-hydrogen) atoms. The average molecular weight is 186 g/mol. The van der Waals surface area contributed by atoms with Crippen LogP contribution in [0, 0.1) is 0 Å². The summed E-state index contributed by atoms with van der Waals surface area (Å²) in [6.45, 7) is 5.41. The van der Waals surface area contributed by atoms with Crippen molar-refractivity contribution in [3.8, 4) is 0 Å². The monoisotopic (exact) mass is 186 g/mol. The van der Waals surface area contributed by atoms with Crippen molar-refractivity contribution in [3.63, 3.8) is 0 Å². The molecular formula is C9H18N2O2. The van der Waals surface area contributed by atoms with Crippen molar-refractivity contribution in [3.05, 3.63) is 0 Å². The molecule has 0 bridgehead atoms. The second-order valence-electron chi connectivity index (χ2n) is 3.63. The molecule has 1 amide bonds. The van der Waals surface area contributed by atoms with Gasteiger partial charge in [-0.25, -0.2) is 4.79 Å². The summed E-state index contributed by atoms with van der Waals surface area (Å²) in [5.41, 5.74) is 0. The second-order valence-corrected chi connectivity index (χ2v) is 3.63. The van der Waals surface area contributed by atoms with Crippen LogP contribution in [-0.2, 0) is 4.74 Å². The minimum atomic E-state index is -0.316. The van der Waals surface area contributed by atoms with E-state index in [2.05, 4.69) is 10.6 Å². The van der Waals surface area contributed by atoms with E-state index in [0.29, 0.717) is 12.6 Å². The van der Waals surface area contributed by atoms with Crippen LogP contribution in [0.4, 0.5) is 4.79 Å². The van der Waals surface area contributed by atoms with E-state index in [4.69, 9.17) is 4.74 Å². The lowest BCUT2D eigenvalue weighted by atomic mass is 10.2. The molecule has 1 rings (SSSR count). The molecular weight excluding hydrogens is 168 g/mol. The van der Waals surface area contributed by atoms with E-state index in [-0.39, 0.29) is 12.2 Å². The summed E-state index contributed by atoms with van der Waals surface area (Å²) in [6.07, 6.45) is 1.98. The Morgan fingerprint density at radius 1 is 1.69 bits per heavy atom. The van der Waals surface area contributed by atoms with Crippen molar-refractivity contribution in [2.24, 2.45) is 0 Å². The number of hydrogen-bond acceptors (Lipinski definition) is 3. The van der Waals surface area contributed by atoms with Crippen LogP contribution in [0.15, 0.2) is 0 Å². The van der Waals surface area contributed by atoms with Crippen LogP contribution in [0.5, 0.6) is 0 Å². The zero-order chi connectivity index (χ0) is 9.68. The van der Waals surface area contributed by atoms with Gasteiger partial charge in [0.2, 0.25) is 0 Å². The fraction of sp³-hybridized carbons (Fsp3) is 0.889. The van der Waals surface area contributed by atoms with Gasteiger partial charge in [0.05, 0.1) is 6.10 Å². The highest BCUT2D eigenvalue weighted by molar-refractivity contribution is 5.67. The largest absolute Gasteiger partial charge is 0.447 e. The maximum atomic E-state index is 11.0. The first-order valence-electron chi connectivity index (χ1n) is 4.86. The van der Waals surface area contributed by atoms with Crippen molar-refractivity contribution < 1.29 is 9.53 Å². The number of hydrogen-bond donors (Lipinski definition) is 2. The lowest BCUT2D eigenvalue weighted by Gasteiger charge is -2.13. The van der Waals surface area contributed by atoms with Crippen molar-refractivity contribution >= 4 is 6.09 Å². The fourth-order valence-electron chi connectivity index (χ4n) is 1.39. The van der Waals surface area contributed by atoms with Crippen LogP contribution < -0.4 is 10.6 Å². The quantitative estimate of drug-likeness (QED) is 0.687. The first-order chi connectivity index (χ1) is 6.18. The normalized spacial score (nSPS) is 21.9. The number of ether oxygens (including phenoxy) is 1. The zero-order valence-corrected chi connectivity index (χ0v) is 8.30. The number of alkyl carbamates (subject to hydrolysis) is 1. The molecule has 1 aliphatic heterocycles. The smallest absolute Gasteiger partial charge is 0.407 e. The van der Waals surface area contributed by atoms with Gasteiger partial charge in [-0.2, -0.15) is 0 Å². The van der Waals surface area contributed by atoms with Crippen LogP contribution >= 0.6 is 0 Å². The summed E-state index contributed by atoms with van der Waals surface area (Å²) in [7, 11) is 0. The molecule has 1 unspecified atom stereocenters. The zero-order valence-electron chi connectivity index (χ0n) is 8.30. The Balaban J connectivity index is 2.07. The number of rotatable bonds is 3. The van der Waals surface area contributed by atoms with Crippen LogP contribution in [-0.4, -0.2) is 31.3 Å². The molecule has 1 fully saturated rings. The first kappa shape index (κ1) is 10.3. The summed E-state index contributed by atoms with van der Waals surface area (Å²) < 4.78 is 4.93. The Kier molecular flexibility index (Phi) is 4.02. The Bertz CT molecular complexity index is 165. The van der Waals surface area contributed by atoms with E-state index in [0.717, 1.165) is 13.0 Å². The highest BCUT2D eigenvalue weighted by atomic mass is 16.6. The molecule has 0 spiro atoms. The van der Waals surface area contributed by atoms with Crippen LogP contribution in [0.25, 0.3) is 0 Å². The summed E-state index contributed by atoms with van der Waals surface area (Å²) in [4.78, 5) is 11.0. The standard InChI is InChI=1S/C9H18N2O2/c1-7(2)13-9(12)11-6-8-4-3-5-10-8/h7-8,10H,3-6H2,1-2H3,(H,11,12). The van der Waals surface area contributed by atoms with Gasteiger partial charge in [-0.15, -0.1) is 0 Å². The Morgan fingerprint density at radius 3 is 3.00 bits per heavy atom. The molecule has 0 aromatic heterocycles. The number of nitrogens with one attached hydrogen (secondary N) is 2. The molecule has 0 aliphatic carbocycles. The van der Waals surface area contributed by atoms with Gasteiger partial charge in [0.25, 0.3) is 0 Å². The predicted molar refractivity (Wildman–Crippen MR) is 50.6 cm³/mol. The molecule has 1 saturated heterocycles. The lowest BCUT2D eigenvalue weighted by Crippen LogP contribution is -2.38. The third-order valence-electron chi connectivity index (χ3n) is 2.00. The topological polar surface area (TPSA) is 50.4 Å². The first-order valence-corrected chi connectivity index (χ1v) is 4.86. The van der Waals surface area contributed by atoms with E-state index < -0.39 is 0 Å². The van der Waals surface area contributed by atoms with Gasteiger partial charge >= 0.3 is 6.09 Å². The maximum Gasteiger partial charge on any atom is 0.407 e. The molecule has 0 radical (unpaired) electrons. The number of carbonyl (C=O) groups is 1. The van der Waals surface area contributed by atoms with E-state index in [1.54, 1.807) is 0 Å². The van der Waals surface area contributed by atoms with Gasteiger partial charge in [-0.05, 0) is 33.2 Å². The van der Waals surface area contributed by atoms with E-state index >= 15 is 0 Å². The number of carbonyl (C=O) groups excluding carboxylic acids is 1. The maximum absolute atomic E-state index is 11.0. The molecule has 4 heteroatoms. The van der Waals surface area contributed by atoms with E-state index in [9.17, 15) is 4.79 Å². The van der Waals surface area contributed by atoms with Crippen LogP contribution in [0.3, 0.4) is 0 Å². The molecule has 1 aliphatic rings. The Labute approximate surface area is 79.0 Å². The molecule has 0 saturated carbocycles. The lowest BCUT2D eigenvalue weighted by molar-refractivity contribution is 0.115. The predicted octanol–water partition coefficient (Wildman–Crippen LogP) is 0.873. The summed E-state index contributed by atoms with van der Waals surface area (Å²) >= 11 is 0. The average Bonchev–Trinajstić information content (AvgIpc) is 2.51. The van der Waals surface area contributed by atoms with E-state index in [1.807, 2.05) is 13.8 Å². The molecule has 0 aromatic carbocycles. The molecule has 76 valence electrons. The summed E-state index contributed by atoms with van der Waals surface area (Å²) in [5.74, 6) is 0. The molecule has 1 atom stereocenters. The van der Waals surface area contributed by atoms with Gasteiger partial charge in [-0.1, -0.05) is 0 Å². The van der Waals surface area contributed by atoms with E-state index in [1.165, 1.54) is 6.42 Å². The summed E-state index contributed by atoms with van der Waals surface area (Å²) in [5, 5.41) is 6.03. The van der Waals surface area contributed by atoms with Gasteiger partial charge in [0, 0.05) is 12.6 Å². The van der Waals surface area contributed by atoms with Crippen molar-refractivity contribution in [2.75, 3.05) is 13.1 Å². The van der Waals surface area contributed by atoms with Crippen LogP contribution in [0.1, 0.15) is 26.7 Å². The fourth-order valence-corrected chi connectivity index (χ4v) is 1.39. The molecule has 2 N–H and O–H groups in total. The Morgan fingerprint density at radius 2 is 2.46 bits per heavy atom. The van der Waals surface area contributed by atoms with Crippen molar-refractivity contribution in [1.29, 1.82) is 0 Å². The highest BCUT2D eigenvalue weighted by Gasteiger charge is 2.15. The third-order valence-corrected chi connectivity index (χ3v) is 2.00. The molecule has 1 heterocycles. The SMILES string of the molecule is CC(C)OC(=O)NCC1CCCN1. The molecule has 0 aromatic rings. The van der Waals surface area contributed by atoms with Gasteiger partial charge < -0.3 is 15.4 Å². The van der Waals surface area contributed by atoms with Crippen molar-refractivity contribution in [2.45, 2.75) is 38.8 Å². The second kappa shape index (κ2) is 5.07. The van der Waals surface area contributed by atoms with Crippen molar-refractivity contribution in [1.82, 2.24) is 10.6 Å². The van der Waals surface area contributed by atoms with Gasteiger partial charge in [-0.3, -0.25) is 0 Å². The minimum Gasteiger partial charge on any atom is -0.447 e.